The summed E-state index contributed by atoms with van der Waals surface area (Å²) >= 11 is 0. The lowest BCUT2D eigenvalue weighted by Gasteiger charge is -2.26. The minimum atomic E-state index is -4.46. The van der Waals surface area contributed by atoms with E-state index in [2.05, 4.69) is 5.10 Å². The summed E-state index contributed by atoms with van der Waals surface area (Å²) in [4.78, 5) is 25.2. The molecule has 0 N–H and O–H groups in total. The molecule has 3 rings (SSSR count). The number of alkyl halides is 3. The van der Waals surface area contributed by atoms with Gasteiger partial charge in [-0.3, -0.25) is 4.57 Å². The van der Waals surface area contributed by atoms with Crippen LogP contribution in [-0.4, -0.2) is 32.5 Å². The molecule has 35 heavy (non-hydrogen) atoms. The van der Waals surface area contributed by atoms with Crippen LogP contribution in [0.25, 0.3) is 5.69 Å². The fourth-order valence-electron chi connectivity index (χ4n) is 3.71. The van der Waals surface area contributed by atoms with Crippen LogP contribution in [0.2, 0.25) is 0 Å². The summed E-state index contributed by atoms with van der Waals surface area (Å²) < 4.78 is 52.1. The maximum atomic E-state index is 13.0. The Hall–Kier alpha value is -3.56. The number of rotatable bonds is 7. The van der Waals surface area contributed by atoms with E-state index >= 15 is 0 Å². The van der Waals surface area contributed by atoms with Gasteiger partial charge in [0, 0.05) is 0 Å². The van der Waals surface area contributed by atoms with Crippen LogP contribution in [0.3, 0.4) is 0 Å². The minimum Gasteiger partial charge on any atom is -0.476 e. The van der Waals surface area contributed by atoms with Crippen molar-refractivity contribution in [3.05, 3.63) is 75.0 Å². The first-order valence-corrected chi connectivity index (χ1v) is 11.0. The third-order valence-corrected chi connectivity index (χ3v) is 5.47. The zero-order valence-corrected chi connectivity index (χ0v) is 20.5. The first-order chi connectivity index (χ1) is 16.2. The Labute approximate surface area is 201 Å². The fraction of sp³-hybridized carbons (Fsp3) is 0.400. The summed E-state index contributed by atoms with van der Waals surface area (Å²) in [6, 6.07) is 7.97. The molecule has 0 aliphatic rings. The molecular formula is C25H28F3N3O4. The molecule has 1 aromatic heterocycles. The first-order valence-electron chi connectivity index (χ1n) is 11.0. The van der Waals surface area contributed by atoms with Crippen molar-refractivity contribution in [2.75, 3.05) is 6.61 Å². The summed E-state index contributed by atoms with van der Waals surface area (Å²) in [6.45, 7) is 10.8. The molecule has 0 spiro atoms. The Bertz CT molecular complexity index is 1270. The van der Waals surface area contributed by atoms with Crippen molar-refractivity contribution in [2.45, 2.75) is 59.9 Å². The van der Waals surface area contributed by atoms with Gasteiger partial charge in [0.2, 0.25) is 0 Å². The quantitative estimate of drug-likeness (QED) is 0.446. The predicted octanol–water partition coefficient (Wildman–Crippen LogP) is 4.75. The average molecular weight is 492 g/mol. The lowest BCUT2D eigenvalue weighted by atomic mass is 10.0. The maximum absolute atomic E-state index is 13.0. The molecule has 188 valence electrons. The molecule has 7 nitrogen and oxygen atoms in total. The van der Waals surface area contributed by atoms with Crippen molar-refractivity contribution >= 4 is 5.97 Å². The van der Waals surface area contributed by atoms with E-state index in [1.165, 1.54) is 16.7 Å². The van der Waals surface area contributed by atoms with Crippen molar-refractivity contribution in [3.8, 4) is 11.4 Å². The third kappa shape index (κ3) is 5.58. The highest BCUT2D eigenvalue weighted by molar-refractivity contribution is 5.79. The molecule has 0 radical (unpaired) electrons. The van der Waals surface area contributed by atoms with Crippen LogP contribution in [0.5, 0.6) is 5.75 Å². The molecule has 0 bridgehead atoms. The number of carbonyl (C=O) groups is 1. The van der Waals surface area contributed by atoms with Crippen LogP contribution >= 0.6 is 0 Å². The number of hydrogen-bond acceptors (Lipinski definition) is 5. The Morgan fingerprint density at radius 1 is 1.03 bits per heavy atom. The molecule has 0 atom stereocenters. The molecular weight excluding hydrogens is 463 g/mol. The van der Waals surface area contributed by atoms with Gasteiger partial charge in [0.1, 0.15) is 11.6 Å². The highest BCUT2D eigenvalue weighted by Gasteiger charge is 2.33. The van der Waals surface area contributed by atoms with E-state index < -0.39 is 29.0 Å². The average Bonchev–Trinajstić information content (AvgIpc) is 3.04. The Balaban J connectivity index is 1.88. The van der Waals surface area contributed by atoms with E-state index in [-0.39, 0.29) is 18.8 Å². The van der Waals surface area contributed by atoms with Gasteiger partial charge < -0.3 is 9.47 Å². The van der Waals surface area contributed by atoms with Crippen LogP contribution < -0.4 is 10.4 Å². The number of aromatic nitrogens is 3. The zero-order valence-electron chi connectivity index (χ0n) is 20.5. The molecule has 0 aliphatic heterocycles. The van der Waals surface area contributed by atoms with Gasteiger partial charge in [0.15, 0.2) is 5.60 Å². The topological polar surface area (TPSA) is 75.3 Å². The standard InChI is InChI=1S/C25H28F3N3O4/c1-7-34-22(32)24(5,6)35-21-15(2)12-18(13-16(21)3)14-30-17(4)29-31(23(30)33)20-10-8-19(9-11-20)25(26,27)28/h8-13H,7,14H2,1-6H3. The number of hydrogen-bond donors (Lipinski definition) is 0. The SMILES string of the molecule is CCOC(=O)C(C)(C)Oc1c(C)cc(Cn2c(C)nn(-c3ccc(C(F)(F)F)cc3)c2=O)cc1C. The normalized spacial score (nSPS) is 12.0. The molecule has 10 heteroatoms. The smallest absolute Gasteiger partial charge is 0.416 e. The monoisotopic (exact) mass is 491 g/mol. The molecule has 3 aromatic rings. The number of aryl methyl sites for hydroxylation is 3. The van der Waals surface area contributed by atoms with Gasteiger partial charge in [0.05, 0.1) is 24.4 Å². The van der Waals surface area contributed by atoms with Gasteiger partial charge >= 0.3 is 17.8 Å². The molecule has 0 aliphatic carbocycles. The van der Waals surface area contributed by atoms with E-state index in [1.54, 1.807) is 27.7 Å². The highest BCUT2D eigenvalue weighted by Crippen LogP contribution is 2.30. The second-order valence-corrected chi connectivity index (χ2v) is 8.76. The Morgan fingerprint density at radius 2 is 1.60 bits per heavy atom. The Kier molecular flexibility index (Phi) is 7.14. The van der Waals surface area contributed by atoms with Gasteiger partial charge in [-0.2, -0.15) is 23.0 Å². The zero-order chi connectivity index (χ0) is 26.1. The van der Waals surface area contributed by atoms with Crippen LogP contribution in [0.4, 0.5) is 13.2 Å². The third-order valence-electron chi connectivity index (χ3n) is 5.47. The Morgan fingerprint density at radius 3 is 2.11 bits per heavy atom. The van der Waals surface area contributed by atoms with Crippen LogP contribution in [0, 0.1) is 20.8 Å². The van der Waals surface area contributed by atoms with Crippen LogP contribution in [0.15, 0.2) is 41.2 Å². The second kappa shape index (κ2) is 9.59. The number of carbonyl (C=O) groups excluding carboxylic acids is 1. The molecule has 1 heterocycles. The maximum Gasteiger partial charge on any atom is 0.416 e. The molecule has 2 aromatic carbocycles. The highest BCUT2D eigenvalue weighted by atomic mass is 19.4. The number of nitrogens with zero attached hydrogens (tertiary/aromatic N) is 3. The summed E-state index contributed by atoms with van der Waals surface area (Å²) in [7, 11) is 0. The fourth-order valence-corrected chi connectivity index (χ4v) is 3.71. The van der Waals surface area contributed by atoms with E-state index in [0.29, 0.717) is 11.6 Å². The van der Waals surface area contributed by atoms with E-state index in [0.717, 1.165) is 33.5 Å². The molecule has 0 amide bonds. The van der Waals surface area contributed by atoms with Crippen LogP contribution in [0.1, 0.15) is 48.8 Å². The van der Waals surface area contributed by atoms with Crippen molar-refractivity contribution in [2.24, 2.45) is 0 Å². The molecule has 0 unspecified atom stereocenters. The van der Waals surface area contributed by atoms with Crippen LogP contribution in [-0.2, 0) is 22.3 Å². The van der Waals surface area contributed by atoms with Crippen molar-refractivity contribution < 1.29 is 27.4 Å². The van der Waals surface area contributed by atoms with Crippen molar-refractivity contribution in [1.29, 1.82) is 0 Å². The van der Waals surface area contributed by atoms with Gasteiger partial charge in [-0.05, 0) is 82.5 Å². The largest absolute Gasteiger partial charge is 0.476 e. The summed E-state index contributed by atoms with van der Waals surface area (Å²) in [5, 5.41) is 4.23. The van der Waals surface area contributed by atoms with Crippen molar-refractivity contribution in [3.63, 3.8) is 0 Å². The number of esters is 1. The second-order valence-electron chi connectivity index (χ2n) is 8.76. The number of halogens is 3. The van der Waals surface area contributed by atoms with Gasteiger partial charge in [-0.1, -0.05) is 12.1 Å². The number of benzene rings is 2. The first kappa shape index (κ1) is 26.1. The molecule has 0 saturated carbocycles. The van der Waals surface area contributed by atoms with Gasteiger partial charge in [-0.25, -0.2) is 9.59 Å². The molecule has 0 saturated heterocycles. The van der Waals surface area contributed by atoms with Gasteiger partial charge in [0.25, 0.3) is 0 Å². The van der Waals surface area contributed by atoms with E-state index in [4.69, 9.17) is 9.47 Å². The summed E-state index contributed by atoms with van der Waals surface area (Å²) in [5.74, 6) is 0.492. The minimum absolute atomic E-state index is 0.203. The summed E-state index contributed by atoms with van der Waals surface area (Å²) in [6.07, 6.45) is -4.46. The summed E-state index contributed by atoms with van der Waals surface area (Å²) in [5.41, 5.74) is 0.145. The lowest BCUT2D eigenvalue weighted by molar-refractivity contribution is -0.158. The molecule has 0 fully saturated rings. The van der Waals surface area contributed by atoms with E-state index in [1.807, 2.05) is 26.0 Å². The van der Waals surface area contributed by atoms with Crippen molar-refractivity contribution in [1.82, 2.24) is 14.3 Å². The lowest BCUT2D eigenvalue weighted by Crippen LogP contribution is -2.40. The van der Waals surface area contributed by atoms with E-state index in [9.17, 15) is 22.8 Å². The predicted molar refractivity (Wildman–Crippen MR) is 124 cm³/mol. The van der Waals surface area contributed by atoms with Gasteiger partial charge in [-0.15, -0.1) is 0 Å². The number of ether oxygens (including phenoxy) is 2.